The number of carbonyl (C=O) groups is 2. The number of hydrogen-bond acceptors (Lipinski definition) is 3. The number of carboxylic acid groups (broad SMARTS) is 1. The summed E-state index contributed by atoms with van der Waals surface area (Å²) in [7, 11) is 0. The van der Waals surface area contributed by atoms with E-state index in [9.17, 15) is 14.7 Å². The van der Waals surface area contributed by atoms with Gasteiger partial charge in [0, 0.05) is 23.5 Å². The molecule has 0 aromatic heterocycles. The smallest absolute Gasteiger partial charge is 0.228 e. The molecule has 1 saturated carbocycles. The summed E-state index contributed by atoms with van der Waals surface area (Å²) in [6.45, 7) is 2.05. The number of rotatable bonds is 4. The first-order valence-electron chi connectivity index (χ1n) is 7.22. The fraction of sp³-hybridized carbons (Fsp3) is 0.500. The van der Waals surface area contributed by atoms with Crippen molar-refractivity contribution in [2.75, 3.05) is 5.32 Å². The summed E-state index contributed by atoms with van der Waals surface area (Å²) in [5.74, 6) is -2.43. The third-order valence-electron chi connectivity index (χ3n) is 4.01. The summed E-state index contributed by atoms with van der Waals surface area (Å²) in [5, 5.41) is 14.0. The molecule has 0 saturated heterocycles. The van der Waals surface area contributed by atoms with Gasteiger partial charge in [0.2, 0.25) is 5.91 Å². The largest absolute Gasteiger partial charge is 0.550 e. The van der Waals surface area contributed by atoms with E-state index >= 15 is 0 Å². The SMILES string of the molecule is CCc1cccc(NC(=O)[C@@H]2CCCC[C@@H]2C(=O)[O-])c1. The maximum Gasteiger partial charge on any atom is 0.228 e. The van der Waals surface area contributed by atoms with Crippen LogP contribution in [0.1, 0.15) is 38.2 Å². The molecular weight excluding hydrogens is 254 g/mol. The van der Waals surface area contributed by atoms with Gasteiger partial charge in [-0.1, -0.05) is 31.9 Å². The highest BCUT2D eigenvalue weighted by Crippen LogP contribution is 2.30. The molecule has 1 amide bonds. The van der Waals surface area contributed by atoms with Crippen LogP contribution in [0.2, 0.25) is 0 Å². The number of aliphatic carboxylic acids is 1. The van der Waals surface area contributed by atoms with Crippen LogP contribution in [0.3, 0.4) is 0 Å². The van der Waals surface area contributed by atoms with E-state index in [1.807, 2.05) is 31.2 Å². The lowest BCUT2D eigenvalue weighted by atomic mass is 9.78. The molecule has 0 spiro atoms. The van der Waals surface area contributed by atoms with Crippen LogP contribution in [-0.2, 0) is 16.0 Å². The van der Waals surface area contributed by atoms with E-state index in [0.717, 1.165) is 30.5 Å². The first-order chi connectivity index (χ1) is 9.61. The fourth-order valence-electron chi connectivity index (χ4n) is 2.83. The zero-order valence-electron chi connectivity index (χ0n) is 11.7. The lowest BCUT2D eigenvalue weighted by Crippen LogP contribution is -2.42. The summed E-state index contributed by atoms with van der Waals surface area (Å²) in [5.41, 5.74) is 1.87. The van der Waals surface area contributed by atoms with Gasteiger partial charge in [-0.25, -0.2) is 0 Å². The van der Waals surface area contributed by atoms with Crippen LogP contribution in [-0.4, -0.2) is 11.9 Å². The van der Waals surface area contributed by atoms with Crippen molar-refractivity contribution in [2.45, 2.75) is 39.0 Å². The molecule has 1 aliphatic rings. The molecule has 1 fully saturated rings. The number of anilines is 1. The maximum atomic E-state index is 12.3. The van der Waals surface area contributed by atoms with Gasteiger partial charge in [0.25, 0.3) is 0 Å². The topological polar surface area (TPSA) is 69.2 Å². The Hall–Kier alpha value is -1.84. The van der Waals surface area contributed by atoms with Crippen LogP contribution in [0.15, 0.2) is 24.3 Å². The molecule has 0 bridgehead atoms. The van der Waals surface area contributed by atoms with Gasteiger partial charge in [-0.3, -0.25) is 4.79 Å². The van der Waals surface area contributed by atoms with E-state index in [1.165, 1.54) is 0 Å². The molecule has 2 rings (SSSR count). The highest BCUT2D eigenvalue weighted by molar-refractivity contribution is 5.95. The Balaban J connectivity index is 2.07. The molecule has 1 N–H and O–H groups in total. The normalized spacial score (nSPS) is 22.2. The number of carboxylic acids is 1. The van der Waals surface area contributed by atoms with Gasteiger partial charge in [0.1, 0.15) is 0 Å². The number of benzene rings is 1. The Morgan fingerprint density at radius 1 is 1.25 bits per heavy atom. The molecule has 0 radical (unpaired) electrons. The molecule has 108 valence electrons. The van der Waals surface area contributed by atoms with Crippen molar-refractivity contribution in [2.24, 2.45) is 11.8 Å². The van der Waals surface area contributed by atoms with Crippen LogP contribution in [0, 0.1) is 11.8 Å². The maximum absolute atomic E-state index is 12.3. The lowest BCUT2D eigenvalue weighted by Gasteiger charge is -2.31. The van der Waals surface area contributed by atoms with E-state index in [-0.39, 0.29) is 5.91 Å². The summed E-state index contributed by atoms with van der Waals surface area (Å²) in [6, 6.07) is 7.65. The lowest BCUT2D eigenvalue weighted by molar-refractivity contribution is -0.313. The van der Waals surface area contributed by atoms with Crippen LogP contribution >= 0.6 is 0 Å². The fourth-order valence-corrected chi connectivity index (χ4v) is 2.83. The van der Waals surface area contributed by atoms with Gasteiger partial charge in [-0.2, -0.15) is 0 Å². The molecule has 20 heavy (non-hydrogen) atoms. The third kappa shape index (κ3) is 3.38. The van der Waals surface area contributed by atoms with E-state index < -0.39 is 17.8 Å². The first kappa shape index (κ1) is 14.6. The van der Waals surface area contributed by atoms with E-state index in [0.29, 0.717) is 12.8 Å². The van der Waals surface area contributed by atoms with E-state index in [1.54, 1.807) is 0 Å². The molecule has 0 unspecified atom stereocenters. The van der Waals surface area contributed by atoms with Crippen molar-refractivity contribution < 1.29 is 14.7 Å². The summed E-state index contributed by atoms with van der Waals surface area (Å²) in [6.07, 6.45) is 3.81. The van der Waals surface area contributed by atoms with Gasteiger partial charge >= 0.3 is 0 Å². The van der Waals surface area contributed by atoms with Crippen LogP contribution in [0.5, 0.6) is 0 Å². The average Bonchev–Trinajstić information content (AvgIpc) is 2.47. The minimum Gasteiger partial charge on any atom is -0.550 e. The van der Waals surface area contributed by atoms with Crippen LogP contribution in [0.4, 0.5) is 5.69 Å². The third-order valence-corrected chi connectivity index (χ3v) is 4.01. The molecule has 1 aromatic carbocycles. The van der Waals surface area contributed by atoms with Crippen LogP contribution < -0.4 is 10.4 Å². The Morgan fingerprint density at radius 2 is 1.95 bits per heavy atom. The summed E-state index contributed by atoms with van der Waals surface area (Å²) >= 11 is 0. The molecule has 0 aliphatic heterocycles. The van der Waals surface area contributed by atoms with E-state index in [2.05, 4.69) is 5.32 Å². The quantitative estimate of drug-likeness (QED) is 0.909. The van der Waals surface area contributed by atoms with E-state index in [4.69, 9.17) is 0 Å². The highest BCUT2D eigenvalue weighted by Gasteiger charge is 2.31. The molecule has 1 aromatic rings. The Labute approximate surface area is 119 Å². The molecule has 2 atom stereocenters. The monoisotopic (exact) mass is 274 g/mol. The molecule has 0 heterocycles. The number of hydrogen-bond donors (Lipinski definition) is 1. The van der Waals surface area contributed by atoms with Crippen molar-refractivity contribution in [1.82, 2.24) is 0 Å². The van der Waals surface area contributed by atoms with Gasteiger partial charge in [-0.15, -0.1) is 0 Å². The average molecular weight is 274 g/mol. The molecule has 1 aliphatic carbocycles. The van der Waals surface area contributed by atoms with Gasteiger partial charge in [0.15, 0.2) is 0 Å². The van der Waals surface area contributed by atoms with Crippen molar-refractivity contribution >= 4 is 17.6 Å². The zero-order valence-corrected chi connectivity index (χ0v) is 11.7. The number of aryl methyl sites for hydroxylation is 1. The predicted octanol–water partition coefficient (Wildman–Crippen LogP) is 1.74. The minimum absolute atomic E-state index is 0.202. The summed E-state index contributed by atoms with van der Waals surface area (Å²) in [4.78, 5) is 23.4. The van der Waals surface area contributed by atoms with Gasteiger partial charge in [0.05, 0.1) is 0 Å². The standard InChI is InChI=1S/C16H21NO3/c1-2-11-6-5-7-12(10-11)17-15(18)13-8-3-4-9-14(13)16(19)20/h5-7,10,13-14H,2-4,8-9H2,1H3,(H,17,18)(H,19,20)/p-1/t13-,14+/m1/s1. The Morgan fingerprint density at radius 3 is 2.60 bits per heavy atom. The second kappa shape index (κ2) is 6.55. The van der Waals surface area contributed by atoms with Crippen molar-refractivity contribution in [3.63, 3.8) is 0 Å². The van der Waals surface area contributed by atoms with Crippen LogP contribution in [0.25, 0.3) is 0 Å². The predicted molar refractivity (Wildman–Crippen MR) is 74.9 cm³/mol. The number of carbonyl (C=O) groups excluding carboxylic acids is 2. The Bertz CT molecular complexity index is 498. The molecule has 4 nitrogen and oxygen atoms in total. The van der Waals surface area contributed by atoms with Crippen molar-refractivity contribution in [3.8, 4) is 0 Å². The summed E-state index contributed by atoms with van der Waals surface area (Å²) < 4.78 is 0. The van der Waals surface area contributed by atoms with Gasteiger partial charge in [-0.05, 0) is 37.0 Å². The second-order valence-electron chi connectivity index (χ2n) is 5.36. The zero-order chi connectivity index (χ0) is 14.5. The molecule has 4 heteroatoms. The highest BCUT2D eigenvalue weighted by atomic mass is 16.4. The van der Waals surface area contributed by atoms with Gasteiger partial charge < -0.3 is 15.2 Å². The van der Waals surface area contributed by atoms with Crippen molar-refractivity contribution in [1.29, 1.82) is 0 Å². The molecular formula is C16H20NO3-. The minimum atomic E-state index is -1.10. The first-order valence-corrected chi connectivity index (χ1v) is 7.22. The van der Waals surface area contributed by atoms with Crippen molar-refractivity contribution in [3.05, 3.63) is 29.8 Å². The Kier molecular flexibility index (Phi) is 4.77. The number of amides is 1. The number of nitrogens with one attached hydrogen (secondary N) is 1. The second-order valence-corrected chi connectivity index (χ2v) is 5.36.